The van der Waals surface area contributed by atoms with Gasteiger partial charge in [-0.1, -0.05) is 51.8 Å². The first-order valence-corrected chi connectivity index (χ1v) is 10.5. The highest BCUT2D eigenvalue weighted by Crippen LogP contribution is 2.43. The summed E-state index contributed by atoms with van der Waals surface area (Å²) < 4.78 is 36.2. The van der Waals surface area contributed by atoms with Crippen molar-refractivity contribution >= 4 is 44.2 Å². The van der Waals surface area contributed by atoms with Gasteiger partial charge in [0.1, 0.15) is 24.2 Å². The summed E-state index contributed by atoms with van der Waals surface area (Å²) in [5.74, 6) is 0.0927. The van der Waals surface area contributed by atoms with Crippen LogP contribution in [-0.2, 0) is 11.0 Å². The van der Waals surface area contributed by atoms with Gasteiger partial charge in [0.05, 0.1) is 10.6 Å². The topological polar surface area (TPSA) is 29.5 Å². The molecule has 27 heavy (non-hydrogen) atoms. The molecular formula is C20H14BrClFNO2S. The van der Waals surface area contributed by atoms with E-state index < -0.39 is 16.8 Å². The molecular weight excluding hydrogens is 453 g/mol. The van der Waals surface area contributed by atoms with Gasteiger partial charge in [-0.15, -0.1) is 0 Å². The van der Waals surface area contributed by atoms with Crippen LogP contribution in [-0.4, -0.2) is 10.8 Å². The summed E-state index contributed by atoms with van der Waals surface area (Å²) in [5, 5.41) is 0.613. The molecule has 1 heterocycles. The molecule has 0 bridgehead atoms. The molecule has 0 saturated heterocycles. The Morgan fingerprint density at radius 3 is 2.59 bits per heavy atom. The predicted octanol–water partition coefficient (Wildman–Crippen LogP) is 5.90. The Bertz CT molecular complexity index is 1020. The maximum absolute atomic E-state index is 14.3. The van der Waals surface area contributed by atoms with E-state index in [0.717, 1.165) is 10.0 Å². The molecule has 3 aromatic carbocycles. The molecule has 7 heteroatoms. The summed E-state index contributed by atoms with van der Waals surface area (Å²) in [7, 11) is -1.76. The Balaban J connectivity index is 1.84. The molecule has 3 nitrogen and oxygen atoms in total. The largest absolute Gasteiger partial charge is 0.489 e. The Labute approximate surface area is 172 Å². The maximum atomic E-state index is 14.3. The van der Waals surface area contributed by atoms with E-state index in [1.54, 1.807) is 34.6 Å². The van der Waals surface area contributed by atoms with E-state index in [1.165, 1.54) is 6.07 Å². The molecule has 0 N–H and O–H groups in total. The first-order valence-electron chi connectivity index (χ1n) is 8.18. The summed E-state index contributed by atoms with van der Waals surface area (Å²) in [6.45, 7) is 0.283. The van der Waals surface area contributed by atoms with E-state index >= 15 is 0 Å². The van der Waals surface area contributed by atoms with E-state index in [2.05, 4.69) is 15.9 Å². The first-order chi connectivity index (χ1) is 13.0. The zero-order valence-corrected chi connectivity index (χ0v) is 17.1. The standard InChI is InChI=1S/C20H14BrClFNO2S/c21-14-7-10-17-19(11-14)26-12-18(13-5-8-15(22)9-6-13)24(17)27(25)20-4-2-1-3-16(20)23/h1-11,18H,12H2. The van der Waals surface area contributed by atoms with Crippen LogP contribution in [0.15, 0.2) is 76.1 Å². The second-order valence-corrected chi connectivity index (χ2v) is 8.68. The molecule has 0 aliphatic carbocycles. The van der Waals surface area contributed by atoms with Gasteiger partial charge in [0.25, 0.3) is 0 Å². The van der Waals surface area contributed by atoms with Crippen molar-refractivity contribution in [1.82, 2.24) is 0 Å². The normalized spacial score (nSPS) is 17.1. The molecule has 1 aliphatic rings. The van der Waals surface area contributed by atoms with Gasteiger partial charge >= 0.3 is 0 Å². The van der Waals surface area contributed by atoms with Crippen LogP contribution >= 0.6 is 27.5 Å². The van der Waals surface area contributed by atoms with Crippen molar-refractivity contribution < 1.29 is 13.3 Å². The number of anilines is 1. The monoisotopic (exact) mass is 465 g/mol. The van der Waals surface area contributed by atoms with Gasteiger partial charge in [0, 0.05) is 9.50 Å². The third-order valence-electron chi connectivity index (χ3n) is 4.30. The van der Waals surface area contributed by atoms with Crippen molar-refractivity contribution in [2.75, 3.05) is 10.9 Å². The van der Waals surface area contributed by atoms with E-state index in [9.17, 15) is 8.60 Å². The van der Waals surface area contributed by atoms with Gasteiger partial charge in [0.2, 0.25) is 0 Å². The van der Waals surface area contributed by atoms with Crippen LogP contribution in [0.2, 0.25) is 5.02 Å². The molecule has 2 unspecified atom stereocenters. The average molecular weight is 467 g/mol. The number of halogens is 3. The second kappa shape index (κ2) is 7.62. The fourth-order valence-electron chi connectivity index (χ4n) is 3.00. The summed E-state index contributed by atoms with van der Waals surface area (Å²) in [6, 6.07) is 18.5. The lowest BCUT2D eigenvalue weighted by Crippen LogP contribution is -2.38. The number of hydrogen-bond acceptors (Lipinski definition) is 2. The van der Waals surface area contributed by atoms with E-state index in [-0.39, 0.29) is 17.5 Å². The molecule has 2 atom stereocenters. The lowest BCUT2D eigenvalue weighted by atomic mass is 10.1. The van der Waals surface area contributed by atoms with Crippen molar-refractivity contribution in [1.29, 1.82) is 0 Å². The van der Waals surface area contributed by atoms with Crippen LogP contribution in [0.4, 0.5) is 10.1 Å². The molecule has 0 saturated carbocycles. The van der Waals surface area contributed by atoms with Gasteiger partial charge < -0.3 is 4.74 Å². The smallest absolute Gasteiger partial charge is 0.156 e. The Kier molecular flexibility index (Phi) is 5.21. The number of rotatable bonds is 3. The minimum Gasteiger partial charge on any atom is -0.489 e. The second-order valence-electron chi connectivity index (χ2n) is 6.00. The molecule has 138 valence electrons. The van der Waals surface area contributed by atoms with Crippen LogP contribution < -0.4 is 9.04 Å². The summed E-state index contributed by atoms with van der Waals surface area (Å²) in [6.07, 6.45) is 0. The molecule has 3 aromatic rings. The molecule has 0 aromatic heterocycles. The zero-order chi connectivity index (χ0) is 19.0. The minimum absolute atomic E-state index is 0.132. The van der Waals surface area contributed by atoms with Gasteiger partial charge in [0.15, 0.2) is 11.0 Å². The molecule has 4 rings (SSSR count). The van der Waals surface area contributed by atoms with E-state index in [4.69, 9.17) is 16.3 Å². The van der Waals surface area contributed by atoms with Gasteiger partial charge in [-0.2, -0.15) is 0 Å². The fourth-order valence-corrected chi connectivity index (χ4v) is 4.85. The van der Waals surface area contributed by atoms with Crippen molar-refractivity contribution in [3.05, 3.63) is 87.6 Å². The maximum Gasteiger partial charge on any atom is 0.156 e. The Morgan fingerprint density at radius 2 is 1.85 bits per heavy atom. The van der Waals surface area contributed by atoms with Crippen molar-refractivity contribution in [3.8, 4) is 5.75 Å². The number of nitrogens with zero attached hydrogens (tertiary/aromatic N) is 1. The van der Waals surface area contributed by atoms with Crippen LogP contribution in [0.5, 0.6) is 5.75 Å². The lowest BCUT2D eigenvalue weighted by Gasteiger charge is -2.37. The molecule has 0 fully saturated rings. The highest BCUT2D eigenvalue weighted by atomic mass is 79.9. The summed E-state index contributed by atoms with van der Waals surface area (Å²) in [4.78, 5) is 0.132. The van der Waals surface area contributed by atoms with Crippen LogP contribution in [0, 0.1) is 5.82 Å². The number of fused-ring (bicyclic) bond motifs is 1. The SMILES string of the molecule is O=S(c1ccccc1F)N1c2ccc(Br)cc2OCC1c1ccc(Cl)cc1. The van der Waals surface area contributed by atoms with E-state index in [0.29, 0.717) is 16.5 Å². The number of hydrogen-bond donors (Lipinski definition) is 0. The highest BCUT2D eigenvalue weighted by Gasteiger charge is 2.34. The van der Waals surface area contributed by atoms with Crippen molar-refractivity contribution in [3.63, 3.8) is 0 Å². The first kappa shape index (κ1) is 18.5. The van der Waals surface area contributed by atoms with Gasteiger partial charge in [-0.05, 0) is 48.0 Å². The van der Waals surface area contributed by atoms with Crippen LogP contribution in [0.3, 0.4) is 0 Å². The van der Waals surface area contributed by atoms with Crippen molar-refractivity contribution in [2.45, 2.75) is 10.9 Å². The lowest BCUT2D eigenvalue weighted by molar-refractivity contribution is 0.276. The van der Waals surface area contributed by atoms with Gasteiger partial charge in [-0.3, -0.25) is 4.31 Å². The van der Waals surface area contributed by atoms with Crippen LogP contribution in [0.25, 0.3) is 0 Å². The quantitative estimate of drug-likeness (QED) is 0.481. The minimum atomic E-state index is -1.76. The van der Waals surface area contributed by atoms with E-state index in [1.807, 2.05) is 30.3 Å². The van der Waals surface area contributed by atoms with Gasteiger partial charge in [-0.25, -0.2) is 8.60 Å². The molecule has 0 radical (unpaired) electrons. The molecule has 0 amide bonds. The fraction of sp³-hybridized carbons (Fsp3) is 0.100. The number of benzene rings is 3. The molecule has 1 aliphatic heterocycles. The third kappa shape index (κ3) is 3.61. The average Bonchev–Trinajstić information content (AvgIpc) is 2.67. The third-order valence-corrected chi connectivity index (χ3v) is 6.56. The Morgan fingerprint density at radius 1 is 1.11 bits per heavy atom. The van der Waals surface area contributed by atoms with Crippen molar-refractivity contribution in [2.24, 2.45) is 0 Å². The van der Waals surface area contributed by atoms with Crippen LogP contribution in [0.1, 0.15) is 11.6 Å². The highest BCUT2D eigenvalue weighted by molar-refractivity contribution is 9.10. The predicted molar refractivity (Wildman–Crippen MR) is 109 cm³/mol. The summed E-state index contributed by atoms with van der Waals surface area (Å²) >= 11 is 9.43. The summed E-state index contributed by atoms with van der Waals surface area (Å²) in [5.41, 5.74) is 1.53. The zero-order valence-electron chi connectivity index (χ0n) is 13.9. The Hall–Kier alpha value is -1.89. The number of ether oxygens (including phenoxy) is 1. The molecule has 0 spiro atoms.